The van der Waals surface area contributed by atoms with Crippen LogP contribution in [0.15, 0.2) is 41.2 Å². The molecule has 1 aromatic carbocycles. The van der Waals surface area contributed by atoms with Crippen LogP contribution in [0.2, 0.25) is 0 Å². The van der Waals surface area contributed by atoms with Crippen molar-refractivity contribution in [3.63, 3.8) is 0 Å². The predicted octanol–water partition coefficient (Wildman–Crippen LogP) is 4.27. The van der Waals surface area contributed by atoms with Gasteiger partial charge in [0.25, 0.3) is 5.56 Å². The number of anilines is 1. The number of hydrogen-bond acceptors (Lipinski definition) is 3. The molecule has 1 heterocycles. The number of carbonyl (C=O) groups is 1. The van der Waals surface area contributed by atoms with Gasteiger partial charge in [0.15, 0.2) is 0 Å². The van der Waals surface area contributed by atoms with E-state index in [0.717, 1.165) is 6.07 Å². The Hall–Kier alpha value is -2.77. The lowest BCUT2D eigenvalue weighted by Crippen LogP contribution is -2.26. The van der Waals surface area contributed by atoms with Gasteiger partial charge in [0.1, 0.15) is 5.69 Å². The summed E-state index contributed by atoms with van der Waals surface area (Å²) >= 11 is 0. The number of aromatic amines is 1. The zero-order chi connectivity index (χ0) is 18.6. The Morgan fingerprint density at radius 1 is 1.24 bits per heavy atom. The third-order valence-corrected chi connectivity index (χ3v) is 3.20. The molecule has 0 fully saturated rings. The van der Waals surface area contributed by atoms with E-state index in [0.29, 0.717) is 5.56 Å². The van der Waals surface area contributed by atoms with Crippen LogP contribution in [-0.4, -0.2) is 17.7 Å². The molecule has 0 spiro atoms. The fourth-order valence-corrected chi connectivity index (χ4v) is 2.06. The third-order valence-electron chi connectivity index (χ3n) is 3.20. The summed E-state index contributed by atoms with van der Waals surface area (Å²) in [6.45, 7) is 3.57. The summed E-state index contributed by atoms with van der Waals surface area (Å²) in [4.78, 5) is 26.1. The van der Waals surface area contributed by atoms with Gasteiger partial charge < -0.3 is 9.72 Å². The molecule has 0 saturated heterocycles. The highest BCUT2D eigenvalue weighted by molar-refractivity contribution is 5.86. The average molecular weight is 354 g/mol. The minimum atomic E-state index is -4.82. The van der Waals surface area contributed by atoms with Gasteiger partial charge in [-0.3, -0.25) is 10.1 Å². The van der Waals surface area contributed by atoms with E-state index in [1.54, 1.807) is 44.2 Å². The average Bonchev–Trinajstić information content (AvgIpc) is 2.54. The summed E-state index contributed by atoms with van der Waals surface area (Å²) < 4.78 is 44.8. The number of hydrogen-bond donors (Lipinski definition) is 2. The van der Waals surface area contributed by atoms with Gasteiger partial charge in [-0.2, -0.15) is 13.2 Å². The number of carbonyl (C=O) groups excluding carboxylic acids is 1. The smallest absolute Gasteiger partial charge is 0.418 e. The summed E-state index contributed by atoms with van der Waals surface area (Å²) in [5, 5.41) is 1.89. The molecule has 0 unspecified atom stereocenters. The van der Waals surface area contributed by atoms with Crippen LogP contribution in [0.3, 0.4) is 0 Å². The Morgan fingerprint density at radius 2 is 1.88 bits per heavy atom. The molecule has 0 aliphatic carbocycles. The number of pyridine rings is 1. The quantitative estimate of drug-likeness (QED) is 0.862. The highest BCUT2D eigenvalue weighted by atomic mass is 19.4. The Balaban J connectivity index is 2.43. The van der Waals surface area contributed by atoms with Gasteiger partial charge in [-0.05, 0) is 17.5 Å². The van der Waals surface area contributed by atoms with Gasteiger partial charge in [-0.1, -0.05) is 44.2 Å². The SMILES string of the molecule is CC(C)COC(=O)Nc1c(C(F)(F)F)cc(-c2ccccc2)[nH]c1=O. The number of nitrogens with one attached hydrogen (secondary N) is 2. The van der Waals surface area contributed by atoms with Crippen molar-refractivity contribution in [1.82, 2.24) is 4.98 Å². The van der Waals surface area contributed by atoms with E-state index in [1.165, 1.54) is 0 Å². The maximum Gasteiger partial charge on any atom is 0.418 e. The first-order valence-electron chi connectivity index (χ1n) is 7.52. The second kappa shape index (κ2) is 7.42. The maximum absolute atomic E-state index is 13.3. The molecule has 0 aliphatic rings. The molecule has 1 amide bonds. The fraction of sp³-hybridized carbons (Fsp3) is 0.294. The number of halogens is 3. The number of amides is 1. The second-order valence-corrected chi connectivity index (χ2v) is 5.78. The number of aromatic nitrogens is 1. The Labute approximate surface area is 141 Å². The van der Waals surface area contributed by atoms with Crippen molar-refractivity contribution in [3.8, 4) is 11.3 Å². The molecule has 134 valence electrons. The summed E-state index contributed by atoms with van der Waals surface area (Å²) in [7, 11) is 0. The van der Waals surface area contributed by atoms with Crippen molar-refractivity contribution in [2.24, 2.45) is 5.92 Å². The molecule has 2 aromatic rings. The summed E-state index contributed by atoms with van der Waals surface area (Å²) in [5.41, 5.74) is -2.77. The highest BCUT2D eigenvalue weighted by Crippen LogP contribution is 2.35. The van der Waals surface area contributed by atoms with Crippen molar-refractivity contribution in [1.29, 1.82) is 0 Å². The van der Waals surface area contributed by atoms with Crippen LogP contribution in [0, 0.1) is 5.92 Å². The van der Waals surface area contributed by atoms with Gasteiger partial charge >= 0.3 is 12.3 Å². The first-order valence-corrected chi connectivity index (χ1v) is 7.52. The molecule has 0 aliphatic heterocycles. The fourth-order valence-electron chi connectivity index (χ4n) is 2.06. The van der Waals surface area contributed by atoms with E-state index in [9.17, 15) is 22.8 Å². The highest BCUT2D eigenvalue weighted by Gasteiger charge is 2.36. The number of benzene rings is 1. The molecule has 2 N–H and O–H groups in total. The Kier molecular flexibility index (Phi) is 5.51. The van der Waals surface area contributed by atoms with Gasteiger partial charge in [0.05, 0.1) is 12.2 Å². The van der Waals surface area contributed by atoms with Crippen LogP contribution in [0.1, 0.15) is 19.4 Å². The number of ether oxygens (including phenoxy) is 1. The molecule has 5 nitrogen and oxygen atoms in total. The third kappa shape index (κ3) is 4.85. The van der Waals surface area contributed by atoms with Crippen LogP contribution in [-0.2, 0) is 10.9 Å². The maximum atomic E-state index is 13.3. The molecule has 0 bridgehead atoms. The van der Waals surface area contributed by atoms with Gasteiger partial charge in [0, 0.05) is 5.69 Å². The largest absolute Gasteiger partial charge is 0.449 e. The first-order chi connectivity index (χ1) is 11.7. The van der Waals surface area contributed by atoms with Crippen molar-refractivity contribution >= 4 is 11.8 Å². The standard InChI is InChI=1S/C17H17F3N2O3/c1-10(2)9-25-16(24)22-14-12(17(18,19)20)8-13(21-15(14)23)11-6-4-3-5-7-11/h3-8,10H,9H2,1-2H3,(H,21,23)(H,22,24). The number of H-pyrrole nitrogens is 1. The normalized spacial score (nSPS) is 11.4. The lowest BCUT2D eigenvalue weighted by molar-refractivity contribution is -0.137. The Bertz CT molecular complexity index is 799. The molecule has 25 heavy (non-hydrogen) atoms. The van der Waals surface area contributed by atoms with Crippen LogP contribution < -0.4 is 10.9 Å². The van der Waals surface area contributed by atoms with Crippen molar-refractivity contribution in [2.45, 2.75) is 20.0 Å². The lowest BCUT2D eigenvalue weighted by atomic mass is 10.1. The van der Waals surface area contributed by atoms with Crippen molar-refractivity contribution in [2.75, 3.05) is 11.9 Å². The minimum absolute atomic E-state index is 0.000905. The zero-order valence-electron chi connectivity index (χ0n) is 13.6. The second-order valence-electron chi connectivity index (χ2n) is 5.78. The molecule has 0 atom stereocenters. The lowest BCUT2D eigenvalue weighted by Gasteiger charge is -2.15. The number of alkyl halides is 3. The number of rotatable bonds is 4. The zero-order valence-corrected chi connectivity index (χ0v) is 13.6. The van der Waals surface area contributed by atoms with E-state index in [-0.39, 0.29) is 18.2 Å². The topological polar surface area (TPSA) is 71.2 Å². The van der Waals surface area contributed by atoms with Crippen LogP contribution >= 0.6 is 0 Å². The molecule has 0 saturated carbocycles. The summed E-state index contributed by atoms with van der Waals surface area (Å²) in [6.07, 6.45) is -5.93. The predicted molar refractivity (Wildman–Crippen MR) is 87.3 cm³/mol. The van der Waals surface area contributed by atoms with E-state index in [4.69, 9.17) is 4.74 Å². The molecule has 0 radical (unpaired) electrons. The van der Waals surface area contributed by atoms with Crippen molar-refractivity contribution < 1.29 is 22.7 Å². The van der Waals surface area contributed by atoms with E-state index < -0.39 is 29.1 Å². The van der Waals surface area contributed by atoms with Gasteiger partial charge in [-0.15, -0.1) is 0 Å². The summed E-state index contributed by atoms with van der Waals surface area (Å²) in [5.74, 6) is 0.00609. The minimum Gasteiger partial charge on any atom is -0.449 e. The van der Waals surface area contributed by atoms with Crippen molar-refractivity contribution in [3.05, 3.63) is 52.3 Å². The van der Waals surface area contributed by atoms with Gasteiger partial charge in [0.2, 0.25) is 0 Å². The van der Waals surface area contributed by atoms with Crippen LogP contribution in [0.4, 0.5) is 23.7 Å². The summed E-state index contributed by atoms with van der Waals surface area (Å²) in [6, 6.07) is 8.89. The molecular formula is C17H17F3N2O3. The molecule has 2 rings (SSSR count). The molecule has 8 heteroatoms. The Morgan fingerprint density at radius 3 is 2.44 bits per heavy atom. The van der Waals surface area contributed by atoms with E-state index >= 15 is 0 Å². The first kappa shape index (κ1) is 18.6. The van der Waals surface area contributed by atoms with Crippen LogP contribution in [0.25, 0.3) is 11.3 Å². The van der Waals surface area contributed by atoms with E-state index in [1.807, 2.05) is 5.32 Å². The molecule has 1 aromatic heterocycles. The molecular weight excluding hydrogens is 337 g/mol. The van der Waals surface area contributed by atoms with E-state index in [2.05, 4.69) is 4.98 Å². The van der Waals surface area contributed by atoms with Crippen LogP contribution in [0.5, 0.6) is 0 Å². The van der Waals surface area contributed by atoms with Gasteiger partial charge in [-0.25, -0.2) is 4.79 Å². The monoisotopic (exact) mass is 354 g/mol.